The van der Waals surface area contributed by atoms with Gasteiger partial charge in [-0.25, -0.2) is 0 Å². The first kappa shape index (κ1) is 14.2. The van der Waals surface area contributed by atoms with Gasteiger partial charge in [-0.2, -0.15) is 0 Å². The molecule has 1 aromatic carbocycles. The maximum Gasteiger partial charge on any atom is 0.192 e. The largest absolute Gasteiger partial charge is 0.366 e. The van der Waals surface area contributed by atoms with Crippen molar-refractivity contribution in [1.29, 1.82) is 0 Å². The lowest BCUT2D eigenvalue weighted by molar-refractivity contribution is 0.0566. The number of ether oxygens (including phenoxy) is 1. The summed E-state index contributed by atoms with van der Waals surface area (Å²) in [5.74, 6) is -0.142. The average molecular weight is 273 g/mol. The SMILES string of the molecule is CC=CCOC(C)C(=O)c1ccc(Cl)cc1Cl. The van der Waals surface area contributed by atoms with Crippen molar-refractivity contribution >= 4 is 29.0 Å². The molecule has 0 amide bonds. The Morgan fingerprint density at radius 3 is 2.76 bits per heavy atom. The number of carbonyl (C=O) groups excluding carboxylic acids is 1. The summed E-state index contributed by atoms with van der Waals surface area (Å²) in [5.41, 5.74) is 0.434. The van der Waals surface area contributed by atoms with Crippen LogP contribution in [-0.4, -0.2) is 18.5 Å². The fraction of sp³-hybridized carbons (Fsp3) is 0.308. The van der Waals surface area contributed by atoms with Gasteiger partial charge in [0.2, 0.25) is 0 Å². The van der Waals surface area contributed by atoms with E-state index in [1.807, 2.05) is 19.1 Å². The minimum atomic E-state index is -0.523. The van der Waals surface area contributed by atoms with Crippen LogP contribution in [0.25, 0.3) is 0 Å². The Morgan fingerprint density at radius 1 is 1.47 bits per heavy atom. The van der Waals surface area contributed by atoms with Crippen LogP contribution in [0.4, 0.5) is 0 Å². The maximum atomic E-state index is 12.0. The van der Waals surface area contributed by atoms with Crippen molar-refractivity contribution in [2.24, 2.45) is 0 Å². The molecule has 17 heavy (non-hydrogen) atoms. The van der Waals surface area contributed by atoms with E-state index < -0.39 is 6.10 Å². The van der Waals surface area contributed by atoms with Gasteiger partial charge in [0.05, 0.1) is 11.6 Å². The topological polar surface area (TPSA) is 26.3 Å². The molecule has 0 fully saturated rings. The zero-order valence-electron chi connectivity index (χ0n) is 9.74. The normalized spacial score (nSPS) is 12.9. The van der Waals surface area contributed by atoms with Gasteiger partial charge in [0.15, 0.2) is 5.78 Å². The Kier molecular flexibility index (Phi) is 5.69. The first-order chi connectivity index (χ1) is 8.06. The lowest BCUT2D eigenvalue weighted by atomic mass is 10.1. The van der Waals surface area contributed by atoms with Crippen LogP contribution >= 0.6 is 23.2 Å². The quantitative estimate of drug-likeness (QED) is 0.595. The third kappa shape index (κ3) is 4.15. The molecule has 4 heteroatoms. The van der Waals surface area contributed by atoms with Crippen molar-refractivity contribution in [1.82, 2.24) is 0 Å². The molecule has 0 heterocycles. The highest BCUT2D eigenvalue weighted by atomic mass is 35.5. The van der Waals surface area contributed by atoms with Crippen molar-refractivity contribution in [2.45, 2.75) is 20.0 Å². The molecule has 0 N–H and O–H groups in total. The highest BCUT2D eigenvalue weighted by molar-refractivity contribution is 6.37. The number of benzene rings is 1. The number of rotatable bonds is 5. The molecule has 0 aromatic heterocycles. The molecule has 0 spiro atoms. The Hall–Kier alpha value is -0.830. The maximum absolute atomic E-state index is 12.0. The van der Waals surface area contributed by atoms with Crippen LogP contribution in [0.1, 0.15) is 24.2 Å². The van der Waals surface area contributed by atoms with Gasteiger partial charge in [0.25, 0.3) is 0 Å². The van der Waals surface area contributed by atoms with Crippen LogP contribution in [0.3, 0.4) is 0 Å². The fourth-order valence-electron chi connectivity index (χ4n) is 1.28. The molecule has 0 saturated carbocycles. The second-order valence-corrected chi connectivity index (χ2v) is 4.38. The van der Waals surface area contributed by atoms with Crippen LogP contribution in [-0.2, 0) is 4.74 Å². The third-order valence-corrected chi connectivity index (χ3v) is 2.79. The Balaban J connectivity index is 2.74. The van der Waals surface area contributed by atoms with Crippen LogP contribution in [0.15, 0.2) is 30.4 Å². The highest BCUT2D eigenvalue weighted by Crippen LogP contribution is 2.22. The van der Waals surface area contributed by atoms with Gasteiger partial charge >= 0.3 is 0 Å². The lowest BCUT2D eigenvalue weighted by Gasteiger charge is -2.11. The minimum absolute atomic E-state index is 0.142. The number of halogens is 2. The van der Waals surface area contributed by atoms with Crippen molar-refractivity contribution in [3.8, 4) is 0 Å². The van der Waals surface area contributed by atoms with Gasteiger partial charge in [0, 0.05) is 10.6 Å². The number of carbonyl (C=O) groups is 1. The summed E-state index contributed by atoms with van der Waals surface area (Å²) in [6, 6.07) is 4.80. The van der Waals surface area contributed by atoms with Gasteiger partial charge in [-0.05, 0) is 32.0 Å². The summed E-state index contributed by atoms with van der Waals surface area (Å²) in [7, 11) is 0. The summed E-state index contributed by atoms with van der Waals surface area (Å²) >= 11 is 11.7. The van der Waals surface area contributed by atoms with Gasteiger partial charge in [-0.15, -0.1) is 0 Å². The van der Waals surface area contributed by atoms with Crippen LogP contribution in [0, 0.1) is 0 Å². The molecule has 1 rings (SSSR count). The van der Waals surface area contributed by atoms with E-state index in [9.17, 15) is 4.79 Å². The minimum Gasteiger partial charge on any atom is -0.366 e. The smallest absolute Gasteiger partial charge is 0.192 e. The van der Waals surface area contributed by atoms with E-state index in [1.54, 1.807) is 25.1 Å². The molecule has 2 nitrogen and oxygen atoms in total. The number of hydrogen-bond acceptors (Lipinski definition) is 2. The number of Topliss-reactive ketones (excluding diaryl/α,β-unsaturated/α-hetero) is 1. The van der Waals surface area contributed by atoms with Gasteiger partial charge in [0.1, 0.15) is 6.10 Å². The molecule has 1 atom stereocenters. The van der Waals surface area contributed by atoms with Gasteiger partial charge < -0.3 is 4.74 Å². The first-order valence-corrected chi connectivity index (χ1v) is 6.04. The van der Waals surface area contributed by atoms with Crippen LogP contribution < -0.4 is 0 Å². The summed E-state index contributed by atoms with van der Waals surface area (Å²) < 4.78 is 5.36. The second kappa shape index (κ2) is 6.80. The predicted octanol–water partition coefficient (Wildman–Crippen LogP) is 4.16. The van der Waals surface area contributed by atoms with Crippen LogP contribution in [0.2, 0.25) is 10.0 Å². The van der Waals surface area contributed by atoms with E-state index in [1.165, 1.54) is 0 Å². The summed E-state index contributed by atoms with van der Waals surface area (Å²) in [4.78, 5) is 12.0. The van der Waals surface area contributed by atoms with Crippen molar-refractivity contribution in [3.05, 3.63) is 46.0 Å². The van der Waals surface area contributed by atoms with Gasteiger partial charge in [-0.1, -0.05) is 35.4 Å². The first-order valence-electron chi connectivity index (χ1n) is 5.28. The molecule has 0 aliphatic carbocycles. The molecular weight excluding hydrogens is 259 g/mol. The molecule has 0 aliphatic rings. The second-order valence-electron chi connectivity index (χ2n) is 3.53. The standard InChI is InChI=1S/C13H14Cl2O2/c1-3-4-7-17-9(2)13(16)11-6-5-10(14)8-12(11)15/h3-6,8-9H,7H2,1-2H3. The number of allylic oxidation sites excluding steroid dienone is 1. The number of ketones is 1. The fourth-order valence-corrected chi connectivity index (χ4v) is 1.78. The highest BCUT2D eigenvalue weighted by Gasteiger charge is 2.18. The summed E-state index contributed by atoms with van der Waals surface area (Å²) in [5, 5.41) is 0.859. The Morgan fingerprint density at radius 2 is 2.18 bits per heavy atom. The predicted molar refractivity (Wildman–Crippen MR) is 71.0 cm³/mol. The van der Waals surface area contributed by atoms with Crippen molar-refractivity contribution < 1.29 is 9.53 Å². The molecule has 92 valence electrons. The van der Waals surface area contributed by atoms with E-state index in [-0.39, 0.29) is 5.78 Å². The van der Waals surface area contributed by atoms with Crippen LogP contribution in [0.5, 0.6) is 0 Å². The molecule has 0 radical (unpaired) electrons. The Bertz CT molecular complexity index is 427. The summed E-state index contributed by atoms with van der Waals surface area (Å²) in [6.07, 6.45) is 3.18. The zero-order chi connectivity index (χ0) is 12.8. The van der Waals surface area contributed by atoms with E-state index in [2.05, 4.69) is 0 Å². The molecule has 0 saturated heterocycles. The molecule has 0 aliphatic heterocycles. The monoisotopic (exact) mass is 272 g/mol. The van der Waals surface area contributed by atoms with Crippen molar-refractivity contribution in [2.75, 3.05) is 6.61 Å². The zero-order valence-corrected chi connectivity index (χ0v) is 11.3. The van der Waals surface area contributed by atoms with Gasteiger partial charge in [-0.3, -0.25) is 4.79 Å². The van der Waals surface area contributed by atoms with E-state index in [0.717, 1.165) is 0 Å². The molecule has 1 aromatic rings. The molecule has 0 bridgehead atoms. The van der Waals surface area contributed by atoms with Crippen molar-refractivity contribution in [3.63, 3.8) is 0 Å². The van der Waals surface area contributed by atoms with E-state index in [0.29, 0.717) is 22.2 Å². The molecule has 1 unspecified atom stereocenters. The summed E-state index contributed by atoms with van der Waals surface area (Å²) in [6.45, 7) is 4.01. The third-order valence-electron chi connectivity index (χ3n) is 2.24. The van der Waals surface area contributed by atoms with E-state index >= 15 is 0 Å². The Labute approximate surface area is 111 Å². The average Bonchev–Trinajstić information content (AvgIpc) is 2.28. The molecular formula is C13H14Cl2O2. The number of hydrogen-bond donors (Lipinski definition) is 0. The lowest BCUT2D eigenvalue weighted by Crippen LogP contribution is -2.21. The van der Waals surface area contributed by atoms with E-state index in [4.69, 9.17) is 27.9 Å².